The van der Waals surface area contributed by atoms with Crippen molar-refractivity contribution in [2.24, 2.45) is 0 Å². The first-order chi connectivity index (χ1) is 7.82. The lowest BCUT2D eigenvalue weighted by Gasteiger charge is -2.20. The second-order valence-corrected chi connectivity index (χ2v) is 4.84. The van der Waals surface area contributed by atoms with Crippen LogP contribution in [0.5, 0.6) is 11.8 Å². The second-order valence-electron chi connectivity index (χ2n) is 4.84. The summed E-state index contributed by atoms with van der Waals surface area (Å²) in [5, 5.41) is 11.9. The molecule has 0 saturated carbocycles. The lowest BCUT2D eigenvalue weighted by atomic mass is 9.91. The van der Waals surface area contributed by atoms with Crippen molar-refractivity contribution in [1.82, 2.24) is 4.98 Å². The summed E-state index contributed by atoms with van der Waals surface area (Å²) in [5.74, 6) is 0.524. The molecule has 0 unspecified atom stereocenters. The van der Waals surface area contributed by atoms with E-state index in [0.717, 1.165) is 5.69 Å². The number of hydrogen-bond donors (Lipinski definition) is 0. The molecule has 0 aliphatic heterocycles. The molecule has 5 heteroatoms. The van der Waals surface area contributed by atoms with Crippen molar-refractivity contribution in [2.75, 3.05) is 13.7 Å². The van der Waals surface area contributed by atoms with Crippen molar-refractivity contribution in [3.8, 4) is 11.8 Å². The zero-order valence-electron chi connectivity index (χ0n) is 11.3. The highest BCUT2D eigenvalue weighted by Crippen LogP contribution is 2.31. The van der Waals surface area contributed by atoms with Crippen LogP contribution in [-0.4, -0.2) is 18.7 Å². The van der Waals surface area contributed by atoms with Gasteiger partial charge in [-0.3, -0.25) is 0 Å². The molecule has 0 amide bonds. The van der Waals surface area contributed by atoms with E-state index in [9.17, 15) is 5.21 Å². The van der Waals surface area contributed by atoms with Crippen LogP contribution in [0.3, 0.4) is 0 Å². The fourth-order valence-electron chi connectivity index (χ4n) is 1.57. The fraction of sp³-hybridized carbons (Fsp3) is 0.667. The van der Waals surface area contributed by atoms with Gasteiger partial charge in [0.15, 0.2) is 5.69 Å². The molecule has 0 saturated heterocycles. The van der Waals surface area contributed by atoms with Crippen LogP contribution in [0.1, 0.15) is 39.1 Å². The lowest BCUT2D eigenvalue weighted by Crippen LogP contribution is -2.36. The van der Waals surface area contributed by atoms with Crippen LogP contribution >= 0.6 is 0 Å². The van der Waals surface area contributed by atoms with Gasteiger partial charge in [0.2, 0.25) is 11.4 Å². The monoisotopic (exact) mass is 240 g/mol. The number of ether oxygens (including phenoxy) is 2. The Balaban J connectivity index is 3.47. The predicted molar refractivity (Wildman–Crippen MR) is 64.4 cm³/mol. The smallest absolute Gasteiger partial charge is 0.502 e. The summed E-state index contributed by atoms with van der Waals surface area (Å²) in [6, 6.07) is 0.0794. The zero-order valence-corrected chi connectivity index (χ0v) is 11.3. The number of rotatable bonds is 3. The van der Waals surface area contributed by atoms with Crippen molar-refractivity contribution < 1.29 is 14.2 Å². The summed E-state index contributed by atoms with van der Waals surface area (Å²) in [4.78, 5) is 4.27. The topological polar surface area (TPSA) is 58.3 Å². The molecule has 1 rings (SSSR count). The molecule has 0 aliphatic rings. The van der Waals surface area contributed by atoms with Crippen LogP contribution in [0.4, 0.5) is 0 Å². The Morgan fingerprint density at radius 2 is 1.94 bits per heavy atom. The molecular formula is C12H20N2O3. The van der Waals surface area contributed by atoms with E-state index in [0.29, 0.717) is 22.8 Å². The van der Waals surface area contributed by atoms with E-state index in [4.69, 9.17) is 9.47 Å². The van der Waals surface area contributed by atoms with Gasteiger partial charge < -0.3 is 14.7 Å². The maximum Gasteiger partial charge on any atom is 0.502 e. The van der Waals surface area contributed by atoms with Crippen molar-refractivity contribution in [3.05, 3.63) is 16.6 Å². The van der Waals surface area contributed by atoms with Gasteiger partial charge >= 0.3 is 6.01 Å². The average Bonchev–Trinajstić information content (AvgIpc) is 2.23. The predicted octanol–water partition coefficient (Wildman–Crippen LogP) is 1.73. The minimum atomic E-state index is -0.212. The Hall–Kier alpha value is -1.52. The van der Waals surface area contributed by atoms with Crippen LogP contribution in [0.25, 0.3) is 0 Å². The molecule has 17 heavy (non-hydrogen) atoms. The number of nitrogens with zero attached hydrogens (tertiary/aromatic N) is 2. The molecule has 0 bridgehead atoms. The Labute approximate surface area is 102 Å². The highest BCUT2D eigenvalue weighted by Gasteiger charge is 2.32. The Morgan fingerprint density at radius 1 is 1.35 bits per heavy atom. The number of methoxy groups -OCH3 is 1. The minimum absolute atomic E-state index is 0.0794. The fourth-order valence-corrected chi connectivity index (χ4v) is 1.57. The first kappa shape index (κ1) is 13.5. The highest BCUT2D eigenvalue weighted by atomic mass is 16.6. The molecule has 0 fully saturated rings. The van der Waals surface area contributed by atoms with Gasteiger partial charge in [-0.05, 0) is 11.9 Å². The summed E-state index contributed by atoms with van der Waals surface area (Å²) in [5.41, 5.74) is 0.986. The van der Waals surface area contributed by atoms with Gasteiger partial charge in [-0.1, -0.05) is 20.8 Å². The molecular weight excluding hydrogens is 220 g/mol. The molecule has 1 heterocycles. The van der Waals surface area contributed by atoms with Crippen LogP contribution < -0.4 is 14.2 Å². The zero-order chi connectivity index (χ0) is 13.2. The van der Waals surface area contributed by atoms with Gasteiger partial charge in [0.05, 0.1) is 13.7 Å². The molecule has 5 nitrogen and oxygen atoms in total. The highest BCUT2D eigenvalue weighted by molar-refractivity contribution is 5.35. The van der Waals surface area contributed by atoms with E-state index in [1.54, 1.807) is 14.0 Å². The Bertz CT molecular complexity index is 411. The average molecular weight is 240 g/mol. The van der Waals surface area contributed by atoms with Crippen LogP contribution in [-0.2, 0) is 5.41 Å². The second kappa shape index (κ2) is 4.77. The first-order valence-corrected chi connectivity index (χ1v) is 5.64. The largest absolute Gasteiger partial charge is 0.708 e. The van der Waals surface area contributed by atoms with Gasteiger partial charge in [-0.2, -0.15) is 4.73 Å². The van der Waals surface area contributed by atoms with E-state index in [1.807, 2.05) is 27.7 Å². The van der Waals surface area contributed by atoms with Gasteiger partial charge in [0.1, 0.15) is 0 Å². The first-order valence-electron chi connectivity index (χ1n) is 5.64. The van der Waals surface area contributed by atoms with E-state index in [-0.39, 0.29) is 11.4 Å². The number of hydrogen-bond acceptors (Lipinski definition) is 4. The Morgan fingerprint density at radius 3 is 2.35 bits per heavy atom. The third kappa shape index (κ3) is 2.60. The SMILES string of the molecule is CCOc1nc(C(C)(C)C)c(OC)c(C)[n+]1[O-]. The molecule has 96 valence electrons. The molecule has 0 radical (unpaired) electrons. The van der Waals surface area contributed by atoms with Gasteiger partial charge in [-0.15, -0.1) is 0 Å². The summed E-state index contributed by atoms with van der Waals surface area (Å²) in [7, 11) is 1.54. The van der Waals surface area contributed by atoms with Crippen molar-refractivity contribution in [2.45, 2.75) is 40.0 Å². The van der Waals surface area contributed by atoms with Gasteiger partial charge in [0.25, 0.3) is 0 Å². The molecule has 0 aliphatic carbocycles. The third-order valence-electron chi connectivity index (χ3n) is 2.42. The van der Waals surface area contributed by atoms with Crippen LogP contribution in [0.15, 0.2) is 0 Å². The Kier molecular flexibility index (Phi) is 3.80. The van der Waals surface area contributed by atoms with Crippen LogP contribution in [0.2, 0.25) is 0 Å². The summed E-state index contributed by atoms with van der Waals surface area (Å²) >= 11 is 0. The number of aromatic nitrogens is 2. The summed E-state index contributed by atoms with van der Waals surface area (Å²) in [6.07, 6.45) is 0. The molecule has 1 aromatic rings. The van der Waals surface area contributed by atoms with E-state index >= 15 is 0 Å². The van der Waals surface area contributed by atoms with Crippen molar-refractivity contribution in [1.29, 1.82) is 0 Å². The molecule has 0 atom stereocenters. The normalized spacial score (nSPS) is 11.4. The molecule has 0 spiro atoms. The standard InChI is InChI=1S/C12H20N2O3/c1-7-17-11-13-10(12(3,4)5)9(16-6)8(2)14(11)15/h7H2,1-6H3. The van der Waals surface area contributed by atoms with Crippen LogP contribution in [0, 0.1) is 12.1 Å². The maximum absolute atomic E-state index is 11.9. The van der Waals surface area contributed by atoms with E-state index in [1.165, 1.54) is 0 Å². The quantitative estimate of drug-likeness (QED) is 0.596. The van der Waals surface area contributed by atoms with Crippen molar-refractivity contribution >= 4 is 0 Å². The van der Waals surface area contributed by atoms with Gasteiger partial charge in [-0.25, -0.2) is 0 Å². The maximum atomic E-state index is 11.9. The van der Waals surface area contributed by atoms with E-state index < -0.39 is 0 Å². The van der Waals surface area contributed by atoms with Crippen molar-refractivity contribution in [3.63, 3.8) is 0 Å². The third-order valence-corrected chi connectivity index (χ3v) is 2.42. The molecule has 1 aromatic heterocycles. The molecule has 0 aromatic carbocycles. The van der Waals surface area contributed by atoms with Gasteiger partial charge in [0, 0.05) is 12.3 Å². The van der Waals surface area contributed by atoms with E-state index in [2.05, 4.69) is 4.98 Å². The summed E-state index contributed by atoms with van der Waals surface area (Å²) in [6.45, 7) is 9.97. The minimum Gasteiger partial charge on any atom is -0.708 e. The lowest BCUT2D eigenvalue weighted by molar-refractivity contribution is -0.623. The summed E-state index contributed by atoms with van der Waals surface area (Å²) < 4.78 is 11.2. The molecule has 0 N–H and O–H groups in total.